The summed E-state index contributed by atoms with van der Waals surface area (Å²) in [6.07, 6.45) is 2.05. The van der Waals surface area contributed by atoms with E-state index in [4.69, 9.17) is 5.11 Å². The molecule has 3 N–H and O–H groups in total. The van der Waals surface area contributed by atoms with Crippen LogP contribution in [-0.4, -0.2) is 32.0 Å². The van der Waals surface area contributed by atoms with Crippen LogP contribution in [0.25, 0.3) is 0 Å². The number of aromatic nitrogens is 2. The Hall–Kier alpha value is -3.74. The molecular weight excluding hydrogens is 356 g/mol. The lowest BCUT2D eigenvalue weighted by Crippen LogP contribution is -2.09. The lowest BCUT2D eigenvalue weighted by molar-refractivity contribution is -0.136. The van der Waals surface area contributed by atoms with Crippen molar-refractivity contribution in [2.75, 3.05) is 5.32 Å². The summed E-state index contributed by atoms with van der Waals surface area (Å²) in [5.41, 5.74) is 3.23. The number of carbonyl (C=O) groups is 1. The summed E-state index contributed by atoms with van der Waals surface area (Å²) in [6, 6.07) is 18.5. The van der Waals surface area contributed by atoms with Crippen molar-refractivity contribution < 1.29 is 15.1 Å². The summed E-state index contributed by atoms with van der Waals surface area (Å²) in [6.45, 7) is 0.617. The smallest absolute Gasteiger partial charge is 0.303 e. The summed E-state index contributed by atoms with van der Waals surface area (Å²) >= 11 is 0. The number of anilines is 1. The Bertz CT molecular complexity index is 957. The van der Waals surface area contributed by atoms with E-state index in [-0.39, 0.29) is 6.42 Å². The molecule has 0 amide bonds. The second-order valence-corrected chi connectivity index (χ2v) is 6.12. The highest BCUT2D eigenvalue weighted by Crippen LogP contribution is 2.13. The molecule has 7 heteroatoms. The van der Waals surface area contributed by atoms with E-state index < -0.39 is 5.97 Å². The molecule has 7 nitrogen and oxygen atoms in total. The summed E-state index contributed by atoms with van der Waals surface area (Å²) in [5, 5.41) is 25.0. The molecule has 0 fully saturated rings. The van der Waals surface area contributed by atoms with E-state index in [0.717, 1.165) is 11.4 Å². The van der Waals surface area contributed by atoms with Gasteiger partial charge in [-0.2, -0.15) is 0 Å². The number of rotatable bonds is 8. The van der Waals surface area contributed by atoms with Crippen molar-refractivity contribution >= 4 is 17.5 Å². The molecule has 3 aromatic rings. The van der Waals surface area contributed by atoms with Crippen LogP contribution in [0.2, 0.25) is 0 Å². The summed E-state index contributed by atoms with van der Waals surface area (Å²) in [4.78, 5) is 19.4. The minimum Gasteiger partial charge on any atom is -0.481 e. The molecule has 0 saturated carbocycles. The van der Waals surface area contributed by atoms with Gasteiger partial charge in [0.25, 0.3) is 0 Å². The zero-order chi connectivity index (χ0) is 19.8. The highest BCUT2D eigenvalue weighted by Gasteiger charge is 2.11. The quantitative estimate of drug-likeness (QED) is 0.316. The Labute approximate surface area is 162 Å². The number of carboxylic acids is 1. The predicted octanol–water partition coefficient (Wildman–Crippen LogP) is 3.33. The lowest BCUT2D eigenvalue weighted by atomic mass is 10.0. The van der Waals surface area contributed by atoms with Crippen molar-refractivity contribution in [2.24, 2.45) is 5.16 Å². The van der Waals surface area contributed by atoms with E-state index in [1.165, 1.54) is 0 Å². The van der Waals surface area contributed by atoms with Crippen molar-refractivity contribution in [3.05, 3.63) is 89.4 Å². The Kier molecular flexibility index (Phi) is 6.30. The van der Waals surface area contributed by atoms with Crippen molar-refractivity contribution in [1.82, 2.24) is 9.97 Å². The monoisotopic (exact) mass is 376 g/mol. The number of aliphatic carboxylic acids is 1. The Morgan fingerprint density at radius 2 is 1.86 bits per heavy atom. The molecule has 0 bridgehead atoms. The normalized spacial score (nSPS) is 11.2. The zero-order valence-electron chi connectivity index (χ0n) is 15.1. The van der Waals surface area contributed by atoms with Gasteiger partial charge in [0, 0.05) is 30.4 Å². The average molecular weight is 376 g/mol. The van der Waals surface area contributed by atoms with Gasteiger partial charge in [-0.15, -0.1) is 0 Å². The van der Waals surface area contributed by atoms with E-state index in [2.05, 4.69) is 20.4 Å². The van der Waals surface area contributed by atoms with Gasteiger partial charge in [0.15, 0.2) is 0 Å². The number of pyridine rings is 2. The van der Waals surface area contributed by atoms with E-state index in [1.807, 2.05) is 42.5 Å². The van der Waals surface area contributed by atoms with Crippen LogP contribution in [0.5, 0.6) is 0 Å². The van der Waals surface area contributed by atoms with Crippen LogP contribution in [0.15, 0.2) is 72.0 Å². The number of hydrogen-bond donors (Lipinski definition) is 3. The summed E-state index contributed by atoms with van der Waals surface area (Å²) in [5.74, 6) is -0.0790. The van der Waals surface area contributed by atoms with Gasteiger partial charge in [-0.05, 0) is 29.8 Å². The molecule has 1 aromatic carbocycles. The third-order valence-electron chi connectivity index (χ3n) is 4.11. The molecule has 0 aliphatic carbocycles. The van der Waals surface area contributed by atoms with Gasteiger partial charge in [-0.3, -0.25) is 9.78 Å². The molecule has 0 radical (unpaired) electrons. The minimum absolute atomic E-state index is 0.0000228. The Morgan fingerprint density at radius 3 is 2.54 bits per heavy atom. The van der Waals surface area contributed by atoms with Crippen LogP contribution < -0.4 is 5.32 Å². The standard InChI is InChI=1S/C21H20N4O3/c26-20(27)12-11-17-4-3-5-18(24-17)21(25-28)16-9-7-15(8-10-16)14-23-19-6-1-2-13-22-19/h1-10,13,28H,11-12,14H2,(H,22,23)(H,26,27)/b25-21+. The maximum absolute atomic E-state index is 10.7. The number of nitrogens with zero attached hydrogens (tertiary/aromatic N) is 3. The number of nitrogens with one attached hydrogen (secondary N) is 1. The number of hydrogen-bond acceptors (Lipinski definition) is 6. The van der Waals surface area contributed by atoms with Crippen molar-refractivity contribution in [3.8, 4) is 0 Å². The topological polar surface area (TPSA) is 108 Å². The molecule has 2 heterocycles. The van der Waals surface area contributed by atoms with Gasteiger partial charge >= 0.3 is 5.97 Å². The highest BCUT2D eigenvalue weighted by molar-refractivity contribution is 6.11. The van der Waals surface area contributed by atoms with Crippen LogP contribution in [0.3, 0.4) is 0 Å². The van der Waals surface area contributed by atoms with Gasteiger partial charge in [-0.25, -0.2) is 4.98 Å². The molecule has 0 atom stereocenters. The molecular formula is C21H20N4O3. The molecule has 28 heavy (non-hydrogen) atoms. The van der Waals surface area contributed by atoms with E-state index in [0.29, 0.717) is 35.6 Å². The zero-order valence-corrected chi connectivity index (χ0v) is 15.1. The van der Waals surface area contributed by atoms with Gasteiger partial charge in [0.05, 0.1) is 12.1 Å². The maximum Gasteiger partial charge on any atom is 0.303 e. The second-order valence-electron chi connectivity index (χ2n) is 6.12. The van der Waals surface area contributed by atoms with Gasteiger partial charge in [-0.1, -0.05) is 41.6 Å². The van der Waals surface area contributed by atoms with E-state index in [9.17, 15) is 10.0 Å². The second kappa shape index (κ2) is 9.27. The van der Waals surface area contributed by atoms with Crippen LogP contribution >= 0.6 is 0 Å². The predicted molar refractivity (Wildman–Crippen MR) is 106 cm³/mol. The summed E-state index contributed by atoms with van der Waals surface area (Å²) < 4.78 is 0. The third-order valence-corrected chi connectivity index (χ3v) is 4.11. The first-order valence-corrected chi connectivity index (χ1v) is 8.80. The number of oxime groups is 1. The number of aryl methyl sites for hydroxylation is 1. The SMILES string of the molecule is O=C(O)CCc1cccc(/C(=N/O)c2ccc(CNc3ccccn3)cc2)n1. The van der Waals surface area contributed by atoms with E-state index in [1.54, 1.807) is 24.4 Å². The Morgan fingerprint density at radius 1 is 1.04 bits per heavy atom. The highest BCUT2D eigenvalue weighted by atomic mass is 16.4. The van der Waals surface area contributed by atoms with Crippen LogP contribution in [-0.2, 0) is 17.8 Å². The lowest BCUT2D eigenvalue weighted by Gasteiger charge is -2.09. The number of benzene rings is 1. The molecule has 2 aromatic heterocycles. The van der Waals surface area contributed by atoms with E-state index >= 15 is 0 Å². The molecule has 142 valence electrons. The van der Waals surface area contributed by atoms with Crippen molar-refractivity contribution in [1.29, 1.82) is 0 Å². The first-order chi connectivity index (χ1) is 13.7. The van der Waals surface area contributed by atoms with Crippen LogP contribution in [0.1, 0.15) is 28.9 Å². The van der Waals surface area contributed by atoms with Gasteiger partial charge in [0.1, 0.15) is 11.5 Å². The fraction of sp³-hybridized carbons (Fsp3) is 0.143. The minimum atomic E-state index is -0.877. The molecule has 0 saturated heterocycles. The maximum atomic E-state index is 10.7. The van der Waals surface area contributed by atoms with Crippen LogP contribution in [0, 0.1) is 0 Å². The average Bonchev–Trinajstić information content (AvgIpc) is 2.73. The van der Waals surface area contributed by atoms with Crippen molar-refractivity contribution in [3.63, 3.8) is 0 Å². The van der Waals surface area contributed by atoms with Crippen LogP contribution in [0.4, 0.5) is 5.82 Å². The first-order valence-electron chi connectivity index (χ1n) is 8.80. The molecule has 0 spiro atoms. The van der Waals surface area contributed by atoms with Gasteiger partial charge < -0.3 is 15.6 Å². The summed E-state index contributed by atoms with van der Waals surface area (Å²) in [7, 11) is 0. The van der Waals surface area contributed by atoms with Crippen molar-refractivity contribution in [2.45, 2.75) is 19.4 Å². The first kappa shape index (κ1) is 19.0. The van der Waals surface area contributed by atoms with Gasteiger partial charge in [0.2, 0.25) is 0 Å². The molecule has 0 unspecified atom stereocenters. The largest absolute Gasteiger partial charge is 0.481 e. The molecule has 0 aliphatic heterocycles. The fourth-order valence-corrected chi connectivity index (χ4v) is 2.68. The third kappa shape index (κ3) is 5.14. The fourth-order valence-electron chi connectivity index (χ4n) is 2.68. The molecule has 3 rings (SSSR count). The Balaban J connectivity index is 1.71. The number of carboxylic acid groups (broad SMARTS) is 1. The molecule has 0 aliphatic rings.